The Morgan fingerprint density at radius 2 is 1.82 bits per heavy atom. The van der Waals surface area contributed by atoms with Crippen molar-refractivity contribution < 1.29 is 14.3 Å². The zero-order chi connectivity index (χ0) is 19.8. The number of nitrogens with one attached hydrogen (secondary N) is 1. The predicted octanol–water partition coefficient (Wildman–Crippen LogP) is 5.61. The molecule has 2 aromatic carbocycles. The minimum atomic E-state index is -0.265. The van der Waals surface area contributed by atoms with E-state index >= 15 is 0 Å². The lowest BCUT2D eigenvalue weighted by atomic mass is 9.84. The Balaban J connectivity index is 1.76. The molecule has 0 amide bonds. The molecule has 0 heterocycles. The van der Waals surface area contributed by atoms with E-state index in [1.807, 2.05) is 31.2 Å². The summed E-state index contributed by atoms with van der Waals surface area (Å²) in [4.78, 5) is 12.2. The molecule has 1 saturated carbocycles. The van der Waals surface area contributed by atoms with Gasteiger partial charge in [0.15, 0.2) is 0 Å². The second-order valence-corrected chi connectivity index (χ2v) is 7.50. The minimum Gasteiger partial charge on any atom is -0.497 e. The summed E-state index contributed by atoms with van der Waals surface area (Å²) in [6, 6.07) is 14.0. The highest BCUT2D eigenvalue weighted by Gasteiger charge is 2.17. The quantitative estimate of drug-likeness (QED) is 0.604. The summed E-state index contributed by atoms with van der Waals surface area (Å²) in [5.41, 5.74) is 4.10. The molecule has 3 rings (SSSR count). The summed E-state index contributed by atoms with van der Waals surface area (Å²) in [6.45, 7) is 2.92. The van der Waals surface area contributed by atoms with Crippen LogP contribution in [0.25, 0.3) is 0 Å². The molecule has 0 aliphatic heterocycles. The second-order valence-electron chi connectivity index (χ2n) is 7.50. The maximum atomic E-state index is 12.2. The second kappa shape index (κ2) is 10.2. The smallest absolute Gasteiger partial charge is 0.338 e. The molecule has 4 nitrogen and oxygen atoms in total. The van der Waals surface area contributed by atoms with Crippen molar-refractivity contribution in [3.05, 3.63) is 59.2 Å². The fourth-order valence-corrected chi connectivity index (χ4v) is 3.90. The summed E-state index contributed by atoms with van der Waals surface area (Å²) in [5, 5.41) is 3.55. The maximum absolute atomic E-state index is 12.2. The normalized spacial score (nSPS) is 14.5. The molecular weight excluding hydrogens is 350 g/mol. The summed E-state index contributed by atoms with van der Waals surface area (Å²) in [6.07, 6.45) is 7.70. The molecule has 0 bridgehead atoms. The van der Waals surface area contributed by atoms with Gasteiger partial charge in [-0.05, 0) is 54.7 Å². The number of hydrogen-bond donors (Lipinski definition) is 1. The largest absolute Gasteiger partial charge is 0.497 e. The number of anilines is 1. The van der Waals surface area contributed by atoms with Crippen molar-refractivity contribution in [2.45, 2.75) is 52.0 Å². The van der Waals surface area contributed by atoms with Crippen molar-refractivity contribution in [3.63, 3.8) is 0 Å². The number of rotatable bonds is 8. The summed E-state index contributed by atoms with van der Waals surface area (Å²) in [5.74, 6) is 1.33. The van der Waals surface area contributed by atoms with Crippen LogP contribution >= 0.6 is 0 Å². The molecule has 0 unspecified atom stereocenters. The average Bonchev–Trinajstić information content (AvgIpc) is 2.74. The first-order valence-corrected chi connectivity index (χ1v) is 10.4. The van der Waals surface area contributed by atoms with Gasteiger partial charge in [-0.1, -0.05) is 50.3 Å². The molecule has 0 aromatic heterocycles. The van der Waals surface area contributed by atoms with Gasteiger partial charge >= 0.3 is 5.97 Å². The topological polar surface area (TPSA) is 47.6 Å². The van der Waals surface area contributed by atoms with Crippen molar-refractivity contribution in [2.75, 3.05) is 19.0 Å². The number of benzene rings is 2. The first-order valence-electron chi connectivity index (χ1n) is 10.4. The SMILES string of the molecule is CCOC(=O)c1ccc(CC2CCCCC2)c(NCc2ccc(OC)cc2)c1. The number of hydrogen-bond acceptors (Lipinski definition) is 4. The van der Waals surface area contributed by atoms with Gasteiger partial charge in [0.25, 0.3) is 0 Å². The van der Waals surface area contributed by atoms with Crippen LogP contribution in [0.5, 0.6) is 5.75 Å². The Morgan fingerprint density at radius 1 is 1.07 bits per heavy atom. The van der Waals surface area contributed by atoms with E-state index in [9.17, 15) is 4.79 Å². The Morgan fingerprint density at radius 3 is 2.50 bits per heavy atom. The first-order chi connectivity index (χ1) is 13.7. The molecule has 2 aromatic rings. The lowest BCUT2D eigenvalue weighted by molar-refractivity contribution is 0.0526. The molecule has 0 saturated heterocycles. The Hall–Kier alpha value is -2.49. The van der Waals surface area contributed by atoms with Gasteiger partial charge in [-0.3, -0.25) is 0 Å². The van der Waals surface area contributed by atoms with Crippen LogP contribution in [0.15, 0.2) is 42.5 Å². The van der Waals surface area contributed by atoms with Gasteiger partial charge in [0.05, 0.1) is 19.3 Å². The van der Waals surface area contributed by atoms with Gasteiger partial charge in [-0.2, -0.15) is 0 Å². The molecule has 0 atom stereocenters. The summed E-state index contributed by atoms with van der Waals surface area (Å²) < 4.78 is 10.4. The minimum absolute atomic E-state index is 0.265. The molecular formula is C24H31NO3. The third kappa shape index (κ3) is 5.51. The van der Waals surface area contributed by atoms with Gasteiger partial charge in [0.2, 0.25) is 0 Å². The van der Waals surface area contributed by atoms with Crippen molar-refractivity contribution in [2.24, 2.45) is 5.92 Å². The number of esters is 1. The maximum Gasteiger partial charge on any atom is 0.338 e. The van der Waals surface area contributed by atoms with Crippen LogP contribution in [0.1, 0.15) is 60.5 Å². The highest BCUT2D eigenvalue weighted by molar-refractivity contribution is 5.90. The van der Waals surface area contributed by atoms with Crippen LogP contribution in [0.2, 0.25) is 0 Å². The van der Waals surface area contributed by atoms with E-state index in [0.717, 1.165) is 23.8 Å². The molecule has 0 spiro atoms. The van der Waals surface area contributed by atoms with Crippen LogP contribution in [-0.4, -0.2) is 19.7 Å². The van der Waals surface area contributed by atoms with Crippen molar-refractivity contribution in [1.29, 1.82) is 0 Å². The summed E-state index contributed by atoms with van der Waals surface area (Å²) >= 11 is 0. The molecule has 1 aliphatic carbocycles. The zero-order valence-electron chi connectivity index (χ0n) is 17.0. The third-order valence-corrected chi connectivity index (χ3v) is 5.50. The first kappa shape index (κ1) is 20.2. The predicted molar refractivity (Wildman–Crippen MR) is 113 cm³/mol. The Bertz CT molecular complexity index is 764. The highest BCUT2D eigenvalue weighted by Crippen LogP contribution is 2.30. The van der Waals surface area contributed by atoms with Gasteiger partial charge < -0.3 is 14.8 Å². The lowest BCUT2D eigenvalue weighted by Gasteiger charge is -2.23. The van der Waals surface area contributed by atoms with Crippen LogP contribution in [0.4, 0.5) is 5.69 Å². The van der Waals surface area contributed by atoms with E-state index in [4.69, 9.17) is 9.47 Å². The van der Waals surface area contributed by atoms with Crippen molar-refractivity contribution >= 4 is 11.7 Å². The monoisotopic (exact) mass is 381 g/mol. The molecule has 28 heavy (non-hydrogen) atoms. The zero-order valence-corrected chi connectivity index (χ0v) is 17.0. The number of carbonyl (C=O) groups excluding carboxylic acids is 1. The van der Waals surface area contributed by atoms with E-state index in [1.54, 1.807) is 7.11 Å². The van der Waals surface area contributed by atoms with E-state index in [-0.39, 0.29) is 5.97 Å². The number of carbonyl (C=O) groups is 1. The fourth-order valence-electron chi connectivity index (χ4n) is 3.90. The Kier molecular flexibility index (Phi) is 7.35. The van der Waals surface area contributed by atoms with Crippen molar-refractivity contribution in [3.8, 4) is 5.75 Å². The third-order valence-electron chi connectivity index (χ3n) is 5.50. The van der Waals surface area contributed by atoms with E-state index in [1.165, 1.54) is 43.2 Å². The molecule has 0 radical (unpaired) electrons. The molecule has 1 N–H and O–H groups in total. The number of ether oxygens (including phenoxy) is 2. The number of methoxy groups -OCH3 is 1. The van der Waals surface area contributed by atoms with Gasteiger partial charge in [-0.25, -0.2) is 4.79 Å². The molecule has 4 heteroatoms. The standard InChI is InChI=1S/C24H31NO3/c1-3-28-24(26)21-12-11-20(15-18-7-5-4-6-8-18)23(16-21)25-17-19-9-13-22(27-2)14-10-19/h9-14,16,18,25H,3-8,15,17H2,1-2H3. The van der Waals surface area contributed by atoms with Crippen LogP contribution < -0.4 is 10.1 Å². The van der Waals surface area contributed by atoms with Crippen molar-refractivity contribution in [1.82, 2.24) is 0 Å². The Labute approximate surface area is 168 Å². The van der Waals surface area contributed by atoms with E-state index in [2.05, 4.69) is 23.5 Å². The van der Waals surface area contributed by atoms with E-state index < -0.39 is 0 Å². The average molecular weight is 382 g/mol. The van der Waals surface area contributed by atoms with E-state index in [0.29, 0.717) is 18.7 Å². The molecule has 1 aliphatic rings. The fraction of sp³-hybridized carbons (Fsp3) is 0.458. The lowest BCUT2D eigenvalue weighted by Crippen LogP contribution is -2.12. The molecule has 1 fully saturated rings. The highest BCUT2D eigenvalue weighted by atomic mass is 16.5. The van der Waals surface area contributed by atoms with Gasteiger partial charge in [0.1, 0.15) is 5.75 Å². The van der Waals surface area contributed by atoms with Crippen LogP contribution in [0, 0.1) is 5.92 Å². The summed E-state index contributed by atoms with van der Waals surface area (Å²) in [7, 11) is 1.67. The van der Waals surface area contributed by atoms with Crippen LogP contribution in [0.3, 0.4) is 0 Å². The van der Waals surface area contributed by atoms with Gasteiger partial charge in [-0.15, -0.1) is 0 Å². The van der Waals surface area contributed by atoms with Crippen LogP contribution in [-0.2, 0) is 17.7 Å². The van der Waals surface area contributed by atoms with Gasteiger partial charge in [0, 0.05) is 12.2 Å². The molecule has 150 valence electrons.